The molecule has 0 bridgehead atoms. The van der Waals surface area contributed by atoms with Crippen LogP contribution in [0.2, 0.25) is 0 Å². The minimum atomic E-state index is -0.254. The first-order valence-corrected chi connectivity index (χ1v) is 5.92. The van der Waals surface area contributed by atoms with Gasteiger partial charge < -0.3 is 10.0 Å². The van der Waals surface area contributed by atoms with Gasteiger partial charge in [0.15, 0.2) is 0 Å². The van der Waals surface area contributed by atoms with Gasteiger partial charge in [-0.05, 0) is 13.0 Å². The number of phenols is 1. The quantitative estimate of drug-likeness (QED) is 0.913. The van der Waals surface area contributed by atoms with Crippen molar-refractivity contribution in [1.82, 2.24) is 14.9 Å². The van der Waals surface area contributed by atoms with Crippen LogP contribution < -0.4 is 0 Å². The van der Waals surface area contributed by atoms with Crippen molar-refractivity contribution in [1.29, 1.82) is 0 Å². The van der Waals surface area contributed by atoms with E-state index in [1.165, 1.54) is 23.5 Å². The van der Waals surface area contributed by atoms with E-state index in [1.54, 1.807) is 25.2 Å². The van der Waals surface area contributed by atoms with E-state index >= 15 is 0 Å². The summed E-state index contributed by atoms with van der Waals surface area (Å²) in [6.07, 6.45) is 4.42. The van der Waals surface area contributed by atoms with Crippen LogP contribution in [0.15, 0.2) is 42.9 Å². The van der Waals surface area contributed by atoms with E-state index in [0.29, 0.717) is 5.56 Å². The van der Waals surface area contributed by atoms with Crippen LogP contribution in [-0.2, 0) is 0 Å². The van der Waals surface area contributed by atoms with Gasteiger partial charge in [0.2, 0.25) is 0 Å². The molecule has 1 amide bonds. The number of carbonyl (C=O) groups is 1. The standard InChI is InChI=1S/C14H15N3O2/c1-10(11-5-3-4-6-13(11)18)17(2)14(19)12-9-15-7-8-16-12/h3-10,18H,1-2H3. The fourth-order valence-corrected chi connectivity index (χ4v) is 1.82. The minimum absolute atomic E-state index is 0.175. The van der Waals surface area contributed by atoms with Gasteiger partial charge in [0.05, 0.1) is 12.2 Å². The number of carbonyl (C=O) groups excluding carboxylic acids is 1. The van der Waals surface area contributed by atoms with Gasteiger partial charge in [-0.2, -0.15) is 0 Å². The molecule has 1 atom stereocenters. The first-order valence-electron chi connectivity index (χ1n) is 5.92. The first-order chi connectivity index (χ1) is 9.11. The SMILES string of the molecule is CC(c1ccccc1O)N(C)C(=O)c1cnccn1. The second kappa shape index (κ2) is 5.48. The number of amides is 1. The molecule has 1 heterocycles. The normalized spacial score (nSPS) is 11.9. The number of aromatic hydroxyl groups is 1. The zero-order chi connectivity index (χ0) is 13.8. The Labute approximate surface area is 111 Å². The monoisotopic (exact) mass is 257 g/mol. The van der Waals surface area contributed by atoms with Crippen LogP contribution in [0.5, 0.6) is 5.75 Å². The van der Waals surface area contributed by atoms with Crippen molar-refractivity contribution in [3.63, 3.8) is 0 Å². The highest BCUT2D eigenvalue weighted by molar-refractivity contribution is 5.92. The number of aromatic nitrogens is 2. The van der Waals surface area contributed by atoms with Crippen LogP contribution >= 0.6 is 0 Å². The number of phenolic OH excluding ortho intramolecular Hbond substituents is 1. The van der Waals surface area contributed by atoms with Crippen molar-refractivity contribution >= 4 is 5.91 Å². The summed E-state index contributed by atoms with van der Waals surface area (Å²) in [5, 5.41) is 9.82. The summed E-state index contributed by atoms with van der Waals surface area (Å²) in [5.41, 5.74) is 0.981. The second-order valence-corrected chi connectivity index (χ2v) is 4.24. The summed E-state index contributed by atoms with van der Waals surface area (Å²) in [4.78, 5) is 21.6. The molecule has 98 valence electrons. The number of hydrogen-bond donors (Lipinski definition) is 1. The summed E-state index contributed by atoms with van der Waals surface area (Å²) < 4.78 is 0. The fourth-order valence-electron chi connectivity index (χ4n) is 1.82. The van der Waals surface area contributed by atoms with E-state index in [2.05, 4.69) is 9.97 Å². The average molecular weight is 257 g/mol. The summed E-state index contributed by atoms with van der Waals surface area (Å²) in [6, 6.07) is 6.71. The topological polar surface area (TPSA) is 66.3 Å². The summed E-state index contributed by atoms with van der Waals surface area (Å²) in [7, 11) is 1.67. The molecule has 5 nitrogen and oxygen atoms in total. The van der Waals surface area contributed by atoms with Gasteiger partial charge in [-0.3, -0.25) is 9.78 Å². The first kappa shape index (κ1) is 13.0. The molecule has 0 aliphatic carbocycles. The second-order valence-electron chi connectivity index (χ2n) is 4.24. The van der Waals surface area contributed by atoms with Crippen molar-refractivity contribution in [2.45, 2.75) is 13.0 Å². The molecule has 0 saturated carbocycles. The number of nitrogens with zero attached hydrogens (tertiary/aromatic N) is 3. The van der Waals surface area contributed by atoms with Gasteiger partial charge in [-0.25, -0.2) is 4.98 Å². The Bertz CT molecular complexity index is 572. The van der Waals surface area contributed by atoms with Crippen LogP contribution in [0, 0.1) is 0 Å². The van der Waals surface area contributed by atoms with E-state index in [9.17, 15) is 9.90 Å². The van der Waals surface area contributed by atoms with E-state index in [-0.39, 0.29) is 23.4 Å². The number of rotatable bonds is 3. The lowest BCUT2D eigenvalue weighted by atomic mass is 10.1. The lowest BCUT2D eigenvalue weighted by molar-refractivity contribution is 0.0735. The fraction of sp³-hybridized carbons (Fsp3) is 0.214. The molecule has 1 aromatic carbocycles. The van der Waals surface area contributed by atoms with Crippen molar-refractivity contribution < 1.29 is 9.90 Å². The molecule has 19 heavy (non-hydrogen) atoms. The smallest absolute Gasteiger partial charge is 0.274 e. The van der Waals surface area contributed by atoms with Gasteiger partial charge in [0, 0.05) is 25.0 Å². The molecular weight excluding hydrogens is 242 g/mol. The van der Waals surface area contributed by atoms with Crippen molar-refractivity contribution in [2.75, 3.05) is 7.05 Å². The Morgan fingerprint density at radius 1 is 1.32 bits per heavy atom. The highest BCUT2D eigenvalue weighted by atomic mass is 16.3. The van der Waals surface area contributed by atoms with Gasteiger partial charge >= 0.3 is 0 Å². The molecule has 0 radical (unpaired) electrons. The largest absolute Gasteiger partial charge is 0.508 e. The lowest BCUT2D eigenvalue weighted by Crippen LogP contribution is -2.30. The Morgan fingerprint density at radius 3 is 2.68 bits per heavy atom. The van der Waals surface area contributed by atoms with Crippen LogP contribution in [0.3, 0.4) is 0 Å². The van der Waals surface area contributed by atoms with Gasteiger partial charge in [-0.1, -0.05) is 18.2 Å². The molecule has 1 unspecified atom stereocenters. The predicted molar refractivity (Wildman–Crippen MR) is 70.6 cm³/mol. The molecule has 0 fully saturated rings. The third-order valence-corrected chi connectivity index (χ3v) is 3.07. The maximum atomic E-state index is 12.2. The highest BCUT2D eigenvalue weighted by Gasteiger charge is 2.21. The Balaban J connectivity index is 2.23. The number of hydrogen-bond acceptors (Lipinski definition) is 4. The van der Waals surface area contributed by atoms with Gasteiger partial charge in [0.25, 0.3) is 5.91 Å². The van der Waals surface area contributed by atoms with Crippen molar-refractivity contribution in [3.05, 3.63) is 54.1 Å². The molecule has 1 aromatic heterocycles. The molecule has 0 spiro atoms. The molecule has 0 saturated heterocycles. The van der Waals surface area contributed by atoms with Gasteiger partial charge in [-0.15, -0.1) is 0 Å². The number of para-hydroxylation sites is 1. The summed E-state index contributed by atoms with van der Waals surface area (Å²) in [6.45, 7) is 1.85. The molecular formula is C14H15N3O2. The third kappa shape index (κ3) is 2.70. The van der Waals surface area contributed by atoms with Crippen molar-refractivity contribution in [2.24, 2.45) is 0 Å². The zero-order valence-corrected chi connectivity index (χ0v) is 10.8. The predicted octanol–water partition coefficient (Wildman–Crippen LogP) is 2.02. The van der Waals surface area contributed by atoms with E-state index in [1.807, 2.05) is 13.0 Å². The average Bonchev–Trinajstić information content (AvgIpc) is 2.46. The van der Waals surface area contributed by atoms with Crippen LogP contribution in [0.25, 0.3) is 0 Å². The van der Waals surface area contributed by atoms with Crippen LogP contribution in [0.1, 0.15) is 29.0 Å². The molecule has 2 aromatic rings. The molecule has 5 heteroatoms. The highest BCUT2D eigenvalue weighted by Crippen LogP contribution is 2.27. The van der Waals surface area contributed by atoms with E-state index < -0.39 is 0 Å². The Morgan fingerprint density at radius 2 is 2.05 bits per heavy atom. The maximum Gasteiger partial charge on any atom is 0.274 e. The third-order valence-electron chi connectivity index (χ3n) is 3.07. The van der Waals surface area contributed by atoms with Crippen LogP contribution in [-0.4, -0.2) is 32.9 Å². The minimum Gasteiger partial charge on any atom is -0.508 e. The Kier molecular flexibility index (Phi) is 3.75. The molecule has 0 aliphatic heterocycles. The van der Waals surface area contributed by atoms with Crippen molar-refractivity contribution in [3.8, 4) is 5.75 Å². The number of benzene rings is 1. The summed E-state index contributed by atoms with van der Waals surface area (Å²) in [5.74, 6) is -0.0577. The van der Waals surface area contributed by atoms with E-state index in [4.69, 9.17) is 0 Å². The molecule has 0 aliphatic rings. The zero-order valence-electron chi connectivity index (χ0n) is 10.8. The van der Waals surface area contributed by atoms with E-state index in [0.717, 1.165) is 0 Å². The summed E-state index contributed by atoms with van der Waals surface area (Å²) >= 11 is 0. The maximum absolute atomic E-state index is 12.2. The molecule has 2 rings (SSSR count). The van der Waals surface area contributed by atoms with Crippen LogP contribution in [0.4, 0.5) is 0 Å². The lowest BCUT2D eigenvalue weighted by Gasteiger charge is -2.25. The Hall–Kier alpha value is -2.43. The van der Waals surface area contributed by atoms with Gasteiger partial charge in [0.1, 0.15) is 11.4 Å². The molecule has 1 N–H and O–H groups in total.